The molecule has 1 aromatic carbocycles. The zero-order valence-electron chi connectivity index (χ0n) is 22.2. The summed E-state index contributed by atoms with van der Waals surface area (Å²) in [5.41, 5.74) is 3.33. The van der Waals surface area contributed by atoms with Crippen LogP contribution in [0.15, 0.2) is 24.3 Å². The monoisotopic (exact) mass is 541 g/mol. The molecule has 0 aliphatic heterocycles. The van der Waals surface area contributed by atoms with Crippen molar-refractivity contribution < 1.29 is 33.4 Å². The van der Waals surface area contributed by atoms with Crippen LogP contribution < -0.4 is 5.32 Å². The highest BCUT2D eigenvalue weighted by Crippen LogP contribution is 2.34. The quantitative estimate of drug-likeness (QED) is 0.271. The van der Waals surface area contributed by atoms with Crippen molar-refractivity contribution in [2.24, 2.45) is 0 Å². The maximum atomic E-state index is 13.1. The molecule has 3 rings (SSSR count). The second-order valence-corrected chi connectivity index (χ2v) is 9.39. The molecule has 2 aromatic heterocycles. The lowest BCUT2D eigenvalue weighted by Crippen LogP contribution is -2.32. The predicted octanol–water partition coefficient (Wildman–Crippen LogP) is 4.99. The van der Waals surface area contributed by atoms with E-state index in [2.05, 4.69) is 15.3 Å². The number of aromatic nitrogens is 2. The van der Waals surface area contributed by atoms with E-state index in [0.29, 0.717) is 11.4 Å². The number of nitrogens with one attached hydrogen (secondary N) is 2. The number of hydrogen-bond acceptors (Lipinski definition) is 9. The van der Waals surface area contributed by atoms with Gasteiger partial charge in [0.15, 0.2) is 6.10 Å². The molecule has 0 aliphatic rings. The Morgan fingerprint density at radius 3 is 2.13 bits per heavy atom. The first-order valence-corrected chi connectivity index (χ1v) is 13.1. The summed E-state index contributed by atoms with van der Waals surface area (Å²) in [5, 5.41) is 2.76. The van der Waals surface area contributed by atoms with Crippen LogP contribution in [0.5, 0.6) is 0 Å². The second-order valence-electron chi connectivity index (χ2n) is 8.37. The van der Waals surface area contributed by atoms with E-state index < -0.39 is 29.9 Å². The molecule has 3 aromatic rings. The summed E-state index contributed by atoms with van der Waals surface area (Å²) in [6.45, 7) is 10.7. The number of amides is 1. The van der Waals surface area contributed by atoms with Gasteiger partial charge in [0.1, 0.15) is 15.7 Å². The van der Waals surface area contributed by atoms with Gasteiger partial charge in [0.2, 0.25) is 0 Å². The Kier molecular flexibility index (Phi) is 9.40. The number of aromatic amines is 1. The van der Waals surface area contributed by atoms with Gasteiger partial charge in [-0.25, -0.2) is 19.4 Å². The number of carbonyl (C=O) groups excluding carboxylic acids is 4. The van der Waals surface area contributed by atoms with Gasteiger partial charge in [0, 0.05) is 11.3 Å². The van der Waals surface area contributed by atoms with Crippen molar-refractivity contribution in [2.45, 2.75) is 54.1 Å². The highest BCUT2D eigenvalue weighted by atomic mass is 32.1. The van der Waals surface area contributed by atoms with E-state index in [0.717, 1.165) is 28.3 Å². The topological polar surface area (TPSA) is 137 Å². The Balaban J connectivity index is 1.77. The van der Waals surface area contributed by atoms with E-state index in [9.17, 15) is 19.2 Å². The van der Waals surface area contributed by atoms with Gasteiger partial charge < -0.3 is 24.5 Å². The van der Waals surface area contributed by atoms with Crippen LogP contribution in [0.2, 0.25) is 0 Å². The third kappa shape index (κ3) is 6.28. The largest absolute Gasteiger partial charge is 0.462 e. The molecule has 1 atom stereocenters. The van der Waals surface area contributed by atoms with E-state index in [-0.39, 0.29) is 40.6 Å². The number of ether oxygens (including phenoxy) is 3. The van der Waals surface area contributed by atoms with Gasteiger partial charge in [-0.15, -0.1) is 11.3 Å². The fourth-order valence-corrected chi connectivity index (χ4v) is 4.69. The van der Waals surface area contributed by atoms with E-state index in [1.807, 2.05) is 13.8 Å². The van der Waals surface area contributed by atoms with Crippen LogP contribution in [0, 0.1) is 20.8 Å². The minimum Gasteiger partial charge on any atom is -0.462 e. The van der Waals surface area contributed by atoms with Crippen LogP contribution in [-0.4, -0.2) is 53.1 Å². The fourth-order valence-electron chi connectivity index (χ4n) is 3.60. The van der Waals surface area contributed by atoms with Crippen molar-refractivity contribution in [1.82, 2.24) is 9.97 Å². The summed E-state index contributed by atoms with van der Waals surface area (Å²) in [6.07, 6.45) is -0.953. The number of nitrogens with zero attached hydrogens (tertiary/aromatic N) is 1. The molecule has 10 nitrogen and oxygen atoms in total. The van der Waals surface area contributed by atoms with Crippen LogP contribution >= 0.6 is 11.3 Å². The number of H-pyrrole nitrogens is 1. The zero-order chi connectivity index (χ0) is 28.0. The summed E-state index contributed by atoms with van der Waals surface area (Å²) in [7, 11) is 0. The number of carbonyl (C=O) groups is 4. The summed E-state index contributed by atoms with van der Waals surface area (Å²) in [5.74, 6) is -1.91. The molecule has 202 valence electrons. The molecule has 1 unspecified atom stereocenters. The molecule has 0 fully saturated rings. The second kappa shape index (κ2) is 12.5. The molecule has 2 N–H and O–H groups in total. The van der Waals surface area contributed by atoms with Gasteiger partial charge in [-0.2, -0.15) is 0 Å². The van der Waals surface area contributed by atoms with E-state index in [1.54, 1.807) is 52.0 Å². The Bertz CT molecular complexity index is 1320. The molecule has 1 amide bonds. The number of aryl methyl sites for hydroxylation is 2. The highest BCUT2D eigenvalue weighted by Gasteiger charge is 2.30. The number of imidazole rings is 1. The Morgan fingerprint density at radius 2 is 1.58 bits per heavy atom. The lowest BCUT2D eigenvalue weighted by molar-refractivity contribution is -0.124. The molecule has 0 radical (unpaired) electrons. The number of thiophene rings is 1. The van der Waals surface area contributed by atoms with Crippen molar-refractivity contribution in [1.29, 1.82) is 0 Å². The predicted molar refractivity (Wildman–Crippen MR) is 143 cm³/mol. The maximum Gasteiger partial charge on any atom is 0.348 e. The number of esters is 3. The minimum atomic E-state index is -1.14. The van der Waals surface area contributed by atoms with E-state index in [4.69, 9.17) is 14.2 Å². The molecule has 0 bridgehead atoms. The molecule has 38 heavy (non-hydrogen) atoms. The van der Waals surface area contributed by atoms with Crippen molar-refractivity contribution in [3.63, 3.8) is 0 Å². The van der Waals surface area contributed by atoms with Gasteiger partial charge in [0.25, 0.3) is 5.91 Å². The van der Waals surface area contributed by atoms with Gasteiger partial charge in [0.05, 0.1) is 30.0 Å². The molecule has 2 heterocycles. The summed E-state index contributed by atoms with van der Waals surface area (Å²) >= 11 is 0.905. The molecular formula is C27H31N3O7S. The average Bonchev–Trinajstić information content (AvgIpc) is 3.40. The Morgan fingerprint density at radius 1 is 0.947 bits per heavy atom. The average molecular weight is 542 g/mol. The van der Waals surface area contributed by atoms with Gasteiger partial charge in [-0.05, 0) is 58.7 Å². The van der Waals surface area contributed by atoms with Gasteiger partial charge in [-0.3, -0.25) is 4.79 Å². The van der Waals surface area contributed by atoms with Crippen LogP contribution in [0.4, 0.5) is 5.00 Å². The smallest absolute Gasteiger partial charge is 0.348 e. The van der Waals surface area contributed by atoms with Crippen LogP contribution in [0.1, 0.15) is 74.5 Å². The van der Waals surface area contributed by atoms with Crippen LogP contribution in [-0.2, 0) is 19.0 Å². The Labute approximate surface area is 224 Å². The first-order valence-electron chi connectivity index (χ1n) is 12.2. The van der Waals surface area contributed by atoms with Gasteiger partial charge >= 0.3 is 17.9 Å². The molecule has 0 saturated carbocycles. The zero-order valence-corrected chi connectivity index (χ0v) is 23.0. The number of rotatable bonds is 10. The minimum absolute atomic E-state index is 0.0634. The molecule has 11 heteroatoms. The normalized spacial score (nSPS) is 11.5. The molecule has 0 spiro atoms. The molecule has 0 aliphatic carbocycles. The standard InChI is InChI=1S/C27H31N3O7S/c1-7-19(37-25(32)18-12-10-17(11-13-18)22-28-15(5)16(6)29-22)23(31)30-24-20(26(33)35-8-2)14(4)21(38-24)27(34)36-9-3/h10-13,19H,7-9H2,1-6H3,(H,28,29)(H,30,31). The first kappa shape index (κ1) is 28.6. The highest BCUT2D eigenvalue weighted by molar-refractivity contribution is 7.18. The lowest BCUT2D eigenvalue weighted by Gasteiger charge is -2.16. The number of anilines is 1. The van der Waals surface area contributed by atoms with E-state index >= 15 is 0 Å². The molecular weight excluding hydrogens is 510 g/mol. The van der Waals surface area contributed by atoms with Crippen molar-refractivity contribution in [3.8, 4) is 11.4 Å². The summed E-state index contributed by atoms with van der Waals surface area (Å²) < 4.78 is 15.7. The summed E-state index contributed by atoms with van der Waals surface area (Å²) in [6, 6.07) is 6.68. The molecule has 0 saturated heterocycles. The lowest BCUT2D eigenvalue weighted by atomic mass is 10.1. The maximum absolute atomic E-state index is 13.1. The van der Waals surface area contributed by atoms with Crippen molar-refractivity contribution >= 4 is 40.2 Å². The van der Waals surface area contributed by atoms with Crippen LogP contribution in [0.25, 0.3) is 11.4 Å². The Hall–Kier alpha value is -3.99. The first-order chi connectivity index (χ1) is 18.1. The SMILES string of the molecule is CCOC(=O)c1sc(NC(=O)C(CC)OC(=O)c2ccc(-c3nc(C)c(C)[nH]3)cc2)c(C(=O)OCC)c1C. The van der Waals surface area contributed by atoms with Gasteiger partial charge in [-0.1, -0.05) is 19.1 Å². The fraction of sp³-hybridized carbons (Fsp3) is 0.370. The number of hydrogen-bond donors (Lipinski definition) is 2. The summed E-state index contributed by atoms with van der Waals surface area (Å²) in [4.78, 5) is 58.7. The van der Waals surface area contributed by atoms with Crippen molar-refractivity contribution in [3.05, 3.63) is 57.2 Å². The van der Waals surface area contributed by atoms with Crippen LogP contribution in [0.3, 0.4) is 0 Å². The van der Waals surface area contributed by atoms with Crippen molar-refractivity contribution in [2.75, 3.05) is 18.5 Å². The van der Waals surface area contributed by atoms with E-state index in [1.165, 1.54) is 0 Å². The third-order valence-electron chi connectivity index (χ3n) is 5.76. The third-order valence-corrected chi connectivity index (χ3v) is 6.95. The number of benzene rings is 1.